The molecule has 3 heterocycles. The van der Waals surface area contributed by atoms with Crippen LogP contribution in [0.2, 0.25) is 0 Å². The number of nitrogens with zero attached hydrogens (tertiary/aromatic N) is 5. The van der Waals surface area contributed by atoms with Gasteiger partial charge in [-0.25, -0.2) is 0 Å². The number of likely N-dealkylation sites (N-methyl/N-ethyl adjacent to an activating group) is 1. The number of ketones is 1. The minimum Gasteiger partial charge on any atom is -0.379 e. The number of anilines is 2. The van der Waals surface area contributed by atoms with Gasteiger partial charge in [0.15, 0.2) is 11.5 Å². The molecule has 1 aromatic carbocycles. The highest BCUT2D eigenvalue weighted by molar-refractivity contribution is 6.19. The van der Waals surface area contributed by atoms with Gasteiger partial charge in [-0.15, -0.1) is 0 Å². The Labute approximate surface area is 185 Å². The molecule has 1 N–H and O–H groups in total. The minimum absolute atomic E-state index is 0.0999. The Morgan fingerprint density at radius 1 is 1.12 bits per heavy atom. The van der Waals surface area contributed by atoms with E-state index in [-0.39, 0.29) is 17.6 Å². The number of carbonyl (C=O) groups is 1. The molecule has 1 saturated heterocycles. The lowest BCUT2D eigenvalue weighted by atomic mass is 9.74. The number of nitrogens with one attached hydrogen (secondary N) is 1. The third-order valence-electron chi connectivity index (χ3n) is 6.67. The molecular weight excluding hydrogens is 404 g/mol. The topological polar surface area (TPSA) is 87.4 Å². The van der Waals surface area contributed by atoms with E-state index in [9.17, 15) is 4.79 Å². The van der Waals surface area contributed by atoms with Gasteiger partial charge in [0.2, 0.25) is 0 Å². The highest BCUT2D eigenvalue weighted by Crippen LogP contribution is 2.48. The average Bonchev–Trinajstić information content (AvgIpc) is 3.28. The van der Waals surface area contributed by atoms with Crippen LogP contribution in [-0.4, -0.2) is 59.0 Å². The maximum absolute atomic E-state index is 13.7. The zero-order chi connectivity index (χ0) is 21.7. The molecule has 1 fully saturated rings. The second-order valence-corrected chi connectivity index (χ2v) is 8.61. The van der Waals surface area contributed by atoms with Crippen molar-refractivity contribution < 1.29 is 9.32 Å². The van der Waals surface area contributed by atoms with E-state index in [0.29, 0.717) is 12.1 Å². The SMILES string of the molecule is CN1CCN(c2cc(NCc3cnccn3)c3c4c(onc24)C2C=CC=CC2C3=O)CC1. The van der Waals surface area contributed by atoms with E-state index >= 15 is 0 Å². The number of aromatic nitrogens is 3. The van der Waals surface area contributed by atoms with Crippen molar-refractivity contribution in [1.29, 1.82) is 0 Å². The number of Topliss-reactive ketones (excluding diaryl/α,β-unsaturated/α-hetero) is 1. The lowest BCUT2D eigenvalue weighted by molar-refractivity contribution is 0.0928. The number of fused-ring (bicyclic) bond motifs is 2. The van der Waals surface area contributed by atoms with Crippen molar-refractivity contribution in [3.63, 3.8) is 0 Å². The fourth-order valence-corrected chi connectivity index (χ4v) is 4.92. The quantitative estimate of drug-likeness (QED) is 0.679. The van der Waals surface area contributed by atoms with E-state index in [1.807, 2.05) is 24.3 Å². The summed E-state index contributed by atoms with van der Waals surface area (Å²) in [6, 6.07) is 2.06. The number of allylic oxidation sites excluding steroid dienone is 4. The molecule has 1 aliphatic heterocycles. The fraction of sp³-hybridized carbons (Fsp3) is 0.333. The number of rotatable bonds is 4. The van der Waals surface area contributed by atoms with Crippen LogP contribution >= 0.6 is 0 Å². The summed E-state index contributed by atoms with van der Waals surface area (Å²) in [7, 11) is 2.14. The van der Waals surface area contributed by atoms with Crippen LogP contribution in [0.3, 0.4) is 0 Å². The predicted octanol–water partition coefficient (Wildman–Crippen LogP) is 3.00. The Morgan fingerprint density at radius 3 is 2.72 bits per heavy atom. The number of piperazine rings is 1. The maximum Gasteiger partial charge on any atom is 0.173 e. The standard InChI is InChI=1S/C24H24N6O2/c1-29-8-10-30(11-9-29)19-12-18(27-14-15-13-25-6-7-26-15)20-21-22(19)28-32-24(21)17-5-3-2-4-16(17)23(20)31/h2-7,12-13,16-17,27H,8-11,14H2,1H3. The van der Waals surface area contributed by atoms with Crippen molar-refractivity contribution in [1.82, 2.24) is 20.0 Å². The van der Waals surface area contributed by atoms with Crippen LogP contribution in [0.5, 0.6) is 0 Å². The molecule has 2 aromatic heterocycles. The number of hydrogen-bond acceptors (Lipinski definition) is 8. The van der Waals surface area contributed by atoms with E-state index in [1.165, 1.54) is 0 Å². The van der Waals surface area contributed by atoms with E-state index in [1.54, 1.807) is 18.6 Å². The number of carbonyl (C=O) groups excluding carboxylic acids is 1. The maximum atomic E-state index is 13.7. The first-order chi connectivity index (χ1) is 15.7. The molecule has 3 aliphatic rings. The van der Waals surface area contributed by atoms with Crippen LogP contribution in [0.1, 0.15) is 27.7 Å². The Kier molecular flexibility index (Phi) is 4.53. The van der Waals surface area contributed by atoms with Gasteiger partial charge in [0.05, 0.1) is 46.9 Å². The molecule has 0 spiro atoms. The first-order valence-electron chi connectivity index (χ1n) is 11.0. The van der Waals surface area contributed by atoms with Crippen LogP contribution < -0.4 is 10.2 Å². The molecule has 8 heteroatoms. The lowest BCUT2D eigenvalue weighted by Gasteiger charge is -2.35. The summed E-state index contributed by atoms with van der Waals surface area (Å²) >= 11 is 0. The molecule has 2 unspecified atom stereocenters. The van der Waals surface area contributed by atoms with Crippen molar-refractivity contribution in [3.8, 4) is 0 Å². The van der Waals surface area contributed by atoms with Crippen molar-refractivity contribution in [2.24, 2.45) is 5.92 Å². The van der Waals surface area contributed by atoms with Crippen molar-refractivity contribution in [2.45, 2.75) is 12.5 Å². The van der Waals surface area contributed by atoms with Crippen molar-refractivity contribution in [3.05, 3.63) is 66.0 Å². The zero-order valence-electron chi connectivity index (χ0n) is 17.9. The minimum atomic E-state index is -0.268. The molecule has 6 rings (SSSR count). The van der Waals surface area contributed by atoms with Crippen LogP contribution in [0.15, 0.2) is 53.5 Å². The van der Waals surface area contributed by atoms with Crippen LogP contribution in [0.25, 0.3) is 10.9 Å². The van der Waals surface area contributed by atoms with Gasteiger partial charge in [0.25, 0.3) is 0 Å². The van der Waals surface area contributed by atoms with Gasteiger partial charge in [0.1, 0.15) is 5.52 Å². The van der Waals surface area contributed by atoms with Gasteiger partial charge >= 0.3 is 0 Å². The van der Waals surface area contributed by atoms with Crippen molar-refractivity contribution in [2.75, 3.05) is 43.4 Å². The summed E-state index contributed by atoms with van der Waals surface area (Å²) in [5.41, 5.74) is 4.06. The molecule has 162 valence electrons. The largest absolute Gasteiger partial charge is 0.379 e. The van der Waals surface area contributed by atoms with Crippen molar-refractivity contribution >= 4 is 28.1 Å². The molecule has 32 heavy (non-hydrogen) atoms. The lowest BCUT2D eigenvalue weighted by Crippen LogP contribution is -2.44. The normalized spacial score (nSPS) is 22.4. The fourth-order valence-electron chi connectivity index (χ4n) is 4.92. The molecule has 0 amide bonds. The third-order valence-corrected chi connectivity index (χ3v) is 6.67. The highest BCUT2D eigenvalue weighted by Gasteiger charge is 2.41. The number of hydrogen-bond donors (Lipinski definition) is 1. The molecule has 2 atom stereocenters. The van der Waals surface area contributed by atoms with Crippen LogP contribution in [0.4, 0.5) is 11.4 Å². The monoisotopic (exact) mass is 428 g/mol. The summed E-state index contributed by atoms with van der Waals surface area (Å²) in [5, 5.41) is 8.79. The van der Waals surface area contributed by atoms with Gasteiger partial charge in [0, 0.05) is 44.3 Å². The summed E-state index contributed by atoms with van der Waals surface area (Å²) in [6.45, 7) is 4.24. The molecule has 8 nitrogen and oxygen atoms in total. The second kappa shape index (κ2) is 7.56. The molecule has 0 bridgehead atoms. The van der Waals surface area contributed by atoms with Gasteiger partial charge in [-0.1, -0.05) is 29.5 Å². The van der Waals surface area contributed by atoms with E-state index in [4.69, 9.17) is 4.52 Å². The van der Waals surface area contributed by atoms with Gasteiger partial charge in [-0.05, 0) is 13.1 Å². The molecule has 3 aromatic rings. The van der Waals surface area contributed by atoms with Crippen LogP contribution in [-0.2, 0) is 6.54 Å². The van der Waals surface area contributed by atoms with E-state index < -0.39 is 0 Å². The zero-order valence-corrected chi connectivity index (χ0v) is 17.9. The average molecular weight is 428 g/mol. The molecule has 0 saturated carbocycles. The summed E-state index contributed by atoms with van der Waals surface area (Å²) < 4.78 is 5.91. The summed E-state index contributed by atoms with van der Waals surface area (Å²) in [6.07, 6.45) is 13.0. The molecule has 0 radical (unpaired) electrons. The van der Waals surface area contributed by atoms with Gasteiger partial charge in [-0.2, -0.15) is 0 Å². The third kappa shape index (κ3) is 3.02. The molecular formula is C24H24N6O2. The summed E-state index contributed by atoms with van der Waals surface area (Å²) in [5.74, 6) is 0.498. The first-order valence-corrected chi connectivity index (χ1v) is 11.0. The van der Waals surface area contributed by atoms with Gasteiger partial charge in [-0.3, -0.25) is 14.8 Å². The predicted molar refractivity (Wildman–Crippen MR) is 122 cm³/mol. The number of benzene rings is 1. The Bertz CT molecular complexity index is 1240. The van der Waals surface area contributed by atoms with E-state index in [0.717, 1.165) is 59.9 Å². The Morgan fingerprint density at radius 2 is 1.94 bits per heavy atom. The smallest absolute Gasteiger partial charge is 0.173 e. The second-order valence-electron chi connectivity index (χ2n) is 8.61. The highest BCUT2D eigenvalue weighted by atomic mass is 16.5. The molecule has 2 aliphatic carbocycles. The van der Waals surface area contributed by atoms with E-state index in [2.05, 4.69) is 43.4 Å². The Hall–Kier alpha value is -3.52. The Balaban J connectivity index is 1.50. The van der Waals surface area contributed by atoms with Gasteiger partial charge < -0.3 is 19.6 Å². The summed E-state index contributed by atoms with van der Waals surface area (Å²) in [4.78, 5) is 26.8. The van der Waals surface area contributed by atoms with Crippen LogP contribution in [0, 0.1) is 5.92 Å². The first kappa shape index (κ1) is 19.2.